The molecule has 1 aromatic carbocycles. The van der Waals surface area contributed by atoms with Crippen LogP contribution in [0.4, 0.5) is 0 Å². The number of rotatable bonds is 9. The van der Waals surface area contributed by atoms with Crippen LogP contribution in [0.3, 0.4) is 0 Å². The first-order valence-corrected chi connectivity index (χ1v) is 6.48. The van der Waals surface area contributed by atoms with Crippen LogP contribution in [0.1, 0.15) is 23.2 Å². The van der Waals surface area contributed by atoms with E-state index in [0.29, 0.717) is 31.9 Å². The average Bonchev–Trinajstić information content (AvgIpc) is 2.44. The van der Waals surface area contributed by atoms with Gasteiger partial charge in [-0.1, -0.05) is 0 Å². The van der Waals surface area contributed by atoms with E-state index in [2.05, 4.69) is 5.32 Å². The van der Waals surface area contributed by atoms with Crippen molar-refractivity contribution in [2.45, 2.75) is 12.8 Å². The quantitative estimate of drug-likeness (QED) is 0.658. The Kier molecular flexibility index (Phi) is 7.62. The van der Waals surface area contributed by atoms with Crippen LogP contribution in [-0.2, 0) is 4.74 Å². The third-order valence-electron chi connectivity index (χ3n) is 2.59. The van der Waals surface area contributed by atoms with Gasteiger partial charge in [-0.2, -0.15) is 0 Å². The zero-order valence-electron chi connectivity index (χ0n) is 11.4. The Morgan fingerprint density at radius 1 is 1.21 bits per heavy atom. The number of amides is 1. The summed E-state index contributed by atoms with van der Waals surface area (Å²) in [6.45, 7) is 2.36. The van der Waals surface area contributed by atoms with E-state index in [9.17, 15) is 4.79 Å². The van der Waals surface area contributed by atoms with Crippen LogP contribution in [0.2, 0.25) is 0 Å². The van der Waals surface area contributed by atoms with E-state index >= 15 is 0 Å². The Morgan fingerprint density at radius 3 is 2.58 bits per heavy atom. The molecular weight excluding hydrogens is 244 g/mol. The van der Waals surface area contributed by atoms with Gasteiger partial charge in [0.05, 0.1) is 6.61 Å². The van der Waals surface area contributed by atoms with Crippen LogP contribution < -0.4 is 15.8 Å². The number of benzene rings is 1. The highest BCUT2D eigenvalue weighted by atomic mass is 16.5. The minimum atomic E-state index is -0.0690. The monoisotopic (exact) mass is 266 g/mol. The maximum Gasteiger partial charge on any atom is 0.251 e. The van der Waals surface area contributed by atoms with Crippen molar-refractivity contribution in [1.29, 1.82) is 0 Å². The fourth-order valence-electron chi connectivity index (χ4n) is 1.52. The molecule has 0 saturated heterocycles. The van der Waals surface area contributed by atoms with Gasteiger partial charge in [-0.05, 0) is 43.7 Å². The molecule has 5 heteroatoms. The Labute approximate surface area is 114 Å². The summed E-state index contributed by atoms with van der Waals surface area (Å²) < 4.78 is 10.3. The second kappa shape index (κ2) is 9.35. The van der Waals surface area contributed by atoms with Gasteiger partial charge in [0.15, 0.2) is 0 Å². The van der Waals surface area contributed by atoms with Crippen LogP contribution in [0.25, 0.3) is 0 Å². The van der Waals surface area contributed by atoms with Crippen molar-refractivity contribution in [3.63, 3.8) is 0 Å². The van der Waals surface area contributed by atoms with Crippen LogP contribution in [0, 0.1) is 0 Å². The molecule has 1 amide bonds. The molecule has 0 spiro atoms. The maximum atomic E-state index is 11.8. The zero-order valence-corrected chi connectivity index (χ0v) is 11.4. The predicted octanol–water partition coefficient (Wildman–Crippen LogP) is 1.18. The normalized spacial score (nSPS) is 10.2. The lowest BCUT2D eigenvalue weighted by atomic mass is 10.2. The second-order valence-corrected chi connectivity index (χ2v) is 4.12. The van der Waals surface area contributed by atoms with E-state index in [0.717, 1.165) is 18.6 Å². The number of hydrogen-bond donors (Lipinski definition) is 2. The third kappa shape index (κ3) is 6.22. The Balaban J connectivity index is 2.35. The van der Waals surface area contributed by atoms with Crippen molar-refractivity contribution in [3.05, 3.63) is 29.8 Å². The first-order chi connectivity index (χ1) is 9.27. The van der Waals surface area contributed by atoms with Crippen LogP contribution in [0.15, 0.2) is 24.3 Å². The van der Waals surface area contributed by atoms with Crippen molar-refractivity contribution >= 4 is 5.91 Å². The van der Waals surface area contributed by atoms with E-state index in [4.69, 9.17) is 15.2 Å². The Morgan fingerprint density at radius 2 is 1.95 bits per heavy atom. The predicted molar refractivity (Wildman–Crippen MR) is 74.4 cm³/mol. The molecule has 0 heterocycles. The van der Waals surface area contributed by atoms with Crippen LogP contribution in [0.5, 0.6) is 5.75 Å². The molecule has 0 aliphatic rings. The van der Waals surface area contributed by atoms with Crippen molar-refractivity contribution in [2.24, 2.45) is 5.73 Å². The molecular formula is C14H22N2O3. The smallest absolute Gasteiger partial charge is 0.251 e. The van der Waals surface area contributed by atoms with Gasteiger partial charge in [-0.3, -0.25) is 4.79 Å². The largest absolute Gasteiger partial charge is 0.491 e. The molecule has 0 fully saturated rings. The van der Waals surface area contributed by atoms with Crippen molar-refractivity contribution in [3.8, 4) is 5.75 Å². The highest BCUT2D eigenvalue weighted by Crippen LogP contribution is 2.12. The SMILES string of the molecule is COCCOc1ccc(C(=O)NCCCCN)cc1. The number of carbonyl (C=O) groups excluding carboxylic acids is 1. The number of hydrogen-bond acceptors (Lipinski definition) is 4. The minimum Gasteiger partial charge on any atom is -0.491 e. The number of nitrogens with two attached hydrogens (primary N) is 1. The molecule has 0 aliphatic heterocycles. The fourth-order valence-corrected chi connectivity index (χ4v) is 1.52. The van der Waals surface area contributed by atoms with Crippen LogP contribution >= 0.6 is 0 Å². The second-order valence-electron chi connectivity index (χ2n) is 4.12. The molecule has 3 N–H and O–H groups in total. The number of ether oxygens (including phenoxy) is 2. The lowest BCUT2D eigenvalue weighted by Crippen LogP contribution is -2.24. The van der Waals surface area contributed by atoms with Gasteiger partial charge in [0.1, 0.15) is 12.4 Å². The summed E-state index contributed by atoms with van der Waals surface area (Å²) in [6, 6.07) is 7.07. The fraction of sp³-hybridized carbons (Fsp3) is 0.500. The van der Waals surface area contributed by atoms with E-state index in [1.807, 2.05) is 0 Å². The van der Waals surface area contributed by atoms with E-state index < -0.39 is 0 Å². The summed E-state index contributed by atoms with van der Waals surface area (Å²) in [4.78, 5) is 11.8. The molecule has 0 radical (unpaired) electrons. The van der Waals surface area contributed by atoms with Gasteiger partial charge < -0.3 is 20.5 Å². The lowest BCUT2D eigenvalue weighted by Gasteiger charge is -2.07. The lowest BCUT2D eigenvalue weighted by molar-refractivity contribution is 0.0953. The number of methoxy groups -OCH3 is 1. The molecule has 0 bridgehead atoms. The summed E-state index contributed by atoms with van der Waals surface area (Å²) in [5, 5.41) is 2.85. The minimum absolute atomic E-state index is 0.0690. The van der Waals surface area contributed by atoms with E-state index in [1.54, 1.807) is 31.4 Å². The zero-order chi connectivity index (χ0) is 13.9. The standard InChI is InChI=1S/C14H22N2O3/c1-18-10-11-19-13-6-4-12(5-7-13)14(17)16-9-3-2-8-15/h4-7H,2-3,8-11,15H2,1H3,(H,16,17). The summed E-state index contributed by atoms with van der Waals surface area (Å²) in [5.74, 6) is 0.664. The van der Waals surface area contributed by atoms with Gasteiger partial charge in [-0.15, -0.1) is 0 Å². The average molecular weight is 266 g/mol. The molecule has 0 atom stereocenters. The first-order valence-electron chi connectivity index (χ1n) is 6.48. The summed E-state index contributed by atoms with van der Waals surface area (Å²) >= 11 is 0. The van der Waals surface area contributed by atoms with Crippen molar-refractivity contribution < 1.29 is 14.3 Å². The number of nitrogens with one attached hydrogen (secondary N) is 1. The summed E-state index contributed by atoms with van der Waals surface area (Å²) in [7, 11) is 1.63. The molecule has 0 unspecified atom stereocenters. The van der Waals surface area contributed by atoms with E-state index in [1.165, 1.54) is 0 Å². The van der Waals surface area contributed by atoms with Gasteiger partial charge in [0, 0.05) is 19.2 Å². The van der Waals surface area contributed by atoms with Crippen molar-refractivity contribution in [1.82, 2.24) is 5.32 Å². The molecule has 0 saturated carbocycles. The molecule has 19 heavy (non-hydrogen) atoms. The van der Waals surface area contributed by atoms with Gasteiger partial charge in [0.2, 0.25) is 0 Å². The van der Waals surface area contributed by atoms with Gasteiger partial charge in [0.25, 0.3) is 5.91 Å². The Bertz CT molecular complexity index is 365. The summed E-state index contributed by atoms with van der Waals surface area (Å²) in [5.41, 5.74) is 6.02. The van der Waals surface area contributed by atoms with E-state index in [-0.39, 0.29) is 5.91 Å². The topological polar surface area (TPSA) is 73.6 Å². The van der Waals surface area contributed by atoms with Gasteiger partial charge in [-0.25, -0.2) is 0 Å². The summed E-state index contributed by atoms with van der Waals surface area (Å²) in [6.07, 6.45) is 1.83. The molecule has 5 nitrogen and oxygen atoms in total. The first kappa shape index (κ1) is 15.5. The van der Waals surface area contributed by atoms with Gasteiger partial charge >= 0.3 is 0 Å². The van der Waals surface area contributed by atoms with Crippen molar-refractivity contribution in [2.75, 3.05) is 33.4 Å². The maximum absolute atomic E-state index is 11.8. The molecule has 106 valence electrons. The molecule has 0 aliphatic carbocycles. The third-order valence-corrected chi connectivity index (χ3v) is 2.59. The number of unbranched alkanes of at least 4 members (excludes halogenated alkanes) is 1. The molecule has 1 aromatic rings. The highest BCUT2D eigenvalue weighted by Gasteiger charge is 2.04. The molecule has 1 rings (SSSR count). The molecule has 0 aromatic heterocycles. The van der Waals surface area contributed by atoms with Crippen LogP contribution in [-0.4, -0.2) is 39.3 Å². The highest BCUT2D eigenvalue weighted by molar-refractivity contribution is 5.94. The number of carbonyl (C=O) groups is 1. The Hall–Kier alpha value is -1.59.